The van der Waals surface area contributed by atoms with Crippen LogP contribution < -0.4 is 10.9 Å². The van der Waals surface area contributed by atoms with Crippen LogP contribution in [0.25, 0.3) is 10.9 Å². The number of ether oxygens (including phenoxy) is 1. The number of amides is 2. The van der Waals surface area contributed by atoms with E-state index >= 15 is 0 Å². The number of likely N-dealkylation sites (tertiary alicyclic amines) is 1. The summed E-state index contributed by atoms with van der Waals surface area (Å²) in [4.78, 5) is 60.9. The lowest BCUT2D eigenvalue weighted by Gasteiger charge is -2.46. The van der Waals surface area contributed by atoms with Crippen molar-refractivity contribution in [3.05, 3.63) is 147 Å². The van der Waals surface area contributed by atoms with Gasteiger partial charge in [0.05, 0.1) is 17.0 Å². The minimum Gasteiger partial charge on any atom is -0.506 e. The molecule has 4 N–H and O–H groups in total. The molecule has 5 heterocycles. The number of aliphatic hydroxyl groups is 1. The number of phenols is 1. The molecule has 60 heavy (non-hydrogen) atoms. The van der Waals surface area contributed by atoms with Gasteiger partial charge < -0.3 is 35.1 Å². The largest absolute Gasteiger partial charge is 0.506 e. The minimum atomic E-state index is -0.864. The first-order chi connectivity index (χ1) is 29.1. The predicted molar refractivity (Wildman–Crippen MR) is 228 cm³/mol. The highest BCUT2D eigenvalue weighted by Gasteiger charge is 2.47. The number of hydrogen-bond acceptors (Lipinski definition) is 9. The van der Waals surface area contributed by atoms with Crippen LogP contribution in [0.15, 0.2) is 108 Å². The molecule has 9 rings (SSSR count). The molecule has 4 aliphatic heterocycles. The van der Waals surface area contributed by atoms with Crippen LogP contribution in [-0.2, 0) is 39.4 Å². The molecule has 0 aliphatic carbocycles. The van der Waals surface area contributed by atoms with E-state index in [4.69, 9.17) is 4.74 Å². The third-order valence-electron chi connectivity index (χ3n) is 12.8. The van der Waals surface area contributed by atoms with Crippen molar-refractivity contribution in [2.45, 2.75) is 69.9 Å². The lowest BCUT2D eigenvalue weighted by atomic mass is 9.72. The van der Waals surface area contributed by atoms with Crippen molar-refractivity contribution in [2.24, 2.45) is 5.92 Å². The first-order valence-corrected chi connectivity index (χ1v) is 21.0. The van der Waals surface area contributed by atoms with Gasteiger partial charge in [-0.15, -0.1) is 0 Å². The van der Waals surface area contributed by atoms with E-state index in [0.29, 0.717) is 73.5 Å². The maximum atomic E-state index is 14.1. The number of pyridine rings is 1. The molecule has 12 heteroatoms. The van der Waals surface area contributed by atoms with Crippen LogP contribution in [0.5, 0.6) is 5.75 Å². The van der Waals surface area contributed by atoms with E-state index in [1.807, 2.05) is 83.8 Å². The van der Waals surface area contributed by atoms with E-state index in [0.717, 1.165) is 54.7 Å². The average Bonchev–Trinajstić information content (AvgIpc) is 3.27. The SMILES string of the molecule is CC(=O)N(Cc1ccc(CNC[C@H](O)c2ccc(O)c3[nH]c(=O)ccc23)cc1)Cc1ccc(C(=O)N2CCC(C(=O)O[C@H]3CN4CCC3CC4)(c3ccccc3)CC2)cc1. The summed E-state index contributed by atoms with van der Waals surface area (Å²) in [7, 11) is 0. The van der Waals surface area contributed by atoms with E-state index in [2.05, 4.69) is 15.2 Å². The molecule has 5 aromatic rings. The molecular formula is C48H53N5O7. The van der Waals surface area contributed by atoms with Crippen molar-refractivity contribution in [1.82, 2.24) is 25.0 Å². The smallest absolute Gasteiger partial charge is 0.317 e. The molecular weight excluding hydrogens is 759 g/mol. The number of aromatic hydroxyl groups is 1. The Morgan fingerprint density at radius 2 is 1.50 bits per heavy atom. The van der Waals surface area contributed by atoms with Gasteiger partial charge in [-0.3, -0.25) is 24.1 Å². The zero-order valence-corrected chi connectivity index (χ0v) is 34.0. The number of fused-ring (bicyclic) bond motifs is 4. The molecule has 0 spiro atoms. The summed E-state index contributed by atoms with van der Waals surface area (Å²) in [6.07, 6.45) is 2.20. The summed E-state index contributed by atoms with van der Waals surface area (Å²) in [6.45, 7) is 6.96. The molecule has 0 saturated carbocycles. The number of carbonyl (C=O) groups excluding carboxylic acids is 3. The number of H-pyrrole nitrogens is 1. The Balaban J connectivity index is 0.837. The lowest BCUT2D eigenvalue weighted by Crippen LogP contribution is -2.55. The van der Waals surface area contributed by atoms with Gasteiger partial charge in [-0.25, -0.2) is 0 Å². The van der Waals surface area contributed by atoms with Crippen LogP contribution in [-0.4, -0.2) is 93.1 Å². The number of rotatable bonds is 13. The number of aliphatic hydroxyl groups excluding tert-OH is 1. The van der Waals surface area contributed by atoms with Gasteiger partial charge in [0.25, 0.3) is 5.91 Å². The Labute approximate surface area is 349 Å². The number of benzene rings is 4. The van der Waals surface area contributed by atoms with Crippen LogP contribution in [0.3, 0.4) is 0 Å². The molecule has 1 aromatic heterocycles. The highest BCUT2D eigenvalue weighted by Crippen LogP contribution is 2.39. The van der Waals surface area contributed by atoms with E-state index < -0.39 is 11.5 Å². The van der Waals surface area contributed by atoms with Crippen molar-refractivity contribution in [2.75, 3.05) is 39.3 Å². The van der Waals surface area contributed by atoms with Gasteiger partial charge in [0.1, 0.15) is 11.9 Å². The summed E-state index contributed by atoms with van der Waals surface area (Å²) in [5.74, 6) is 0.0593. The Kier molecular flexibility index (Phi) is 12.1. The van der Waals surface area contributed by atoms with E-state index in [9.17, 15) is 29.4 Å². The Bertz CT molecular complexity index is 2370. The summed E-state index contributed by atoms with van der Waals surface area (Å²) >= 11 is 0. The first kappa shape index (κ1) is 40.9. The lowest BCUT2D eigenvalue weighted by molar-refractivity contribution is -0.168. The van der Waals surface area contributed by atoms with Crippen molar-refractivity contribution in [1.29, 1.82) is 0 Å². The molecule has 312 valence electrons. The number of nitrogens with zero attached hydrogens (tertiary/aromatic N) is 3. The Hall–Kier alpha value is -5.82. The fraction of sp³-hybridized carbons (Fsp3) is 0.375. The predicted octanol–water partition coefficient (Wildman–Crippen LogP) is 5.42. The van der Waals surface area contributed by atoms with Gasteiger partial charge in [-0.05, 0) is 96.8 Å². The van der Waals surface area contributed by atoms with Gasteiger partial charge in [0, 0.05) is 69.8 Å². The van der Waals surface area contributed by atoms with Gasteiger partial charge in [-0.1, -0.05) is 72.8 Å². The molecule has 2 atom stereocenters. The number of carbonyl (C=O) groups is 3. The molecule has 0 radical (unpaired) electrons. The Morgan fingerprint density at radius 3 is 2.13 bits per heavy atom. The van der Waals surface area contributed by atoms with Gasteiger partial charge >= 0.3 is 5.97 Å². The summed E-state index contributed by atoms with van der Waals surface area (Å²) in [6, 6.07) is 31.4. The van der Waals surface area contributed by atoms with Gasteiger partial charge in [-0.2, -0.15) is 0 Å². The molecule has 4 aliphatic rings. The number of aromatic nitrogens is 1. The summed E-state index contributed by atoms with van der Waals surface area (Å²) in [5.41, 5.74) is 4.17. The number of esters is 1. The van der Waals surface area contributed by atoms with E-state index in [1.54, 1.807) is 24.0 Å². The zero-order valence-electron chi connectivity index (χ0n) is 34.0. The van der Waals surface area contributed by atoms with Crippen LogP contribution >= 0.6 is 0 Å². The maximum Gasteiger partial charge on any atom is 0.317 e. The maximum absolute atomic E-state index is 14.1. The van der Waals surface area contributed by atoms with Crippen molar-refractivity contribution in [3.63, 3.8) is 0 Å². The topological polar surface area (TPSA) is 156 Å². The van der Waals surface area contributed by atoms with Crippen molar-refractivity contribution >= 4 is 28.7 Å². The molecule has 4 aromatic carbocycles. The normalized spacial score (nSPS) is 20.1. The third-order valence-corrected chi connectivity index (χ3v) is 12.8. The second kappa shape index (κ2) is 17.8. The molecule has 4 saturated heterocycles. The number of aromatic amines is 1. The monoisotopic (exact) mass is 811 g/mol. The summed E-state index contributed by atoms with van der Waals surface area (Å²) in [5, 5.41) is 24.9. The average molecular weight is 812 g/mol. The Morgan fingerprint density at radius 1 is 0.850 bits per heavy atom. The highest BCUT2D eigenvalue weighted by molar-refractivity contribution is 5.95. The van der Waals surface area contributed by atoms with Gasteiger partial charge in [0.15, 0.2) is 0 Å². The molecule has 0 unspecified atom stereocenters. The number of nitrogens with one attached hydrogen (secondary N) is 2. The molecule has 2 amide bonds. The second-order valence-electron chi connectivity index (χ2n) is 16.6. The number of hydrogen-bond donors (Lipinski definition) is 4. The van der Waals surface area contributed by atoms with Crippen LogP contribution in [0.4, 0.5) is 0 Å². The fourth-order valence-electron chi connectivity index (χ4n) is 9.18. The highest BCUT2D eigenvalue weighted by atomic mass is 16.5. The standard InChI is InChI=1S/C48H53N5O7/c1-32(54)53(29-34-9-7-33(8-10-34)27-49-28-42(56)39-15-17-41(55)45-40(39)16-18-44(57)50-45)30-35-11-13-37(14-12-35)46(58)52-25-21-48(22-26-52,38-5-3-2-4-6-38)47(59)60-43-31-51-23-19-36(43)20-24-51/h2-18,36,42-43,49,55-56H,19-31H2,1H3,(H,50,57)/t42-,43-/m0/s1. The molecule has 4 fully saturated rings. The summed E-state index contributed by atoms with van der Waals surface area (Å²) < 4.78 is 6.32. The molecule has 12 nitrogen and oxygen atoms in total. The minimum absolute atomic E-state index is 0.0549. The number of piperidine rings is 4. The van der Waals surface area contributed by atoms with E-state index in [1.165, 1.54) is 12.1 Å². The van der Waals surface area contributed by atoms with Crippen molar-refractivity contribution < 1.29 is 29.3 Å². The fourth-order valence-corrected chi connectivity index (χ4v) is 9.18. The number of phenolic OH excluding ortho intramolecular Hbond substituents is 1. The second-order valence-corrected chi connectivity index (χ2v) is 16.6. The van der Waals surface area contributed by atoms with E-state index in [-0.39, 0.29) is 41.7 Å². The van der Waals surface area contributed by atoms with Crippen molar-refractivity contribution in [3.8, 4) is 5.75 Å². The van der Waals surface area contributed by atoms with Crippen LogP contribution in [0.1, 0.15) is 76.9 Å². The quantitative estimate of drug-likeness (QED) is 0.114. The van der Waals surface area contributed by atoms with Crippen LogP contribution in [0.2, 0.25) is 0 Å². The zero-order chi connectivity index (χ0) is 41.8. The molecule has 2 bridgehead atoms. The first-order valence-electron chi connectivity index (χ1n) is 21.0. The van der Waals surface area contributed by atoms with Gasteiger partial charge in [0.2, 0.25) is 11.5 Å². The third kappa shape index (κ3) is 8.86. The van der Waals surface area contributed by atoms with Crippen LogP contribution in [0, 0.1) is 5.92 Å².